The Morgan fingerprint density at radius 2 is 2.37 bits per heavy atom. The fourth-order valence-corrected chi connectivity index (χ4v) is 3.01. The second-order valence-electron chi connectivity index (χ2n) is 4.92. The van der Waals surface area contributed by atoms with Gasteiger partial charge in [-0.3, -0.25) is 0 Å². The molecule has 2 nitrogen and oxygen atoms in total. The number of fused-ring (bicyclic) bond motifs is 1. The molecule has 1 heterocycles. The van der Waals surface area contributed by atoms with E-state index in [2.05, 4.69) is 41.4 Å². The molecule has 1 aromatic carbocycles. The fraction of sp³-hybridized carbons (Fsp3) is 0.500. The van der Waals surface area contributed by atoms with E-state index in [1.54, 1.807) is 11.8 Å². The van der Waals surface area contributed by atoms with Crippen LogP contribution in [-0.4, -0.2) is 31.6 Å². The normalized spacial score (nSPS) is 14.0. The van der Waals surface area contributed by atoms with E-state index in [4.69, 9.17) is 6.42 Å². The van der Waals surface area contributed by atoms with Gasteiger partial charge in [-0.1, -0.05) is 18.1 Å². The lowest BCUT2D eigenvalue weighted by Crippen LogP contribution is -2.25. The predicted octanol–water partition coefficient (Wildman–Crippen LogP) is 2.53. The molecule has 1 aliphatic rings. The standard InChI is InChI=1S/C16H22N2S/c1-3-10-19-11-8-17-13-14-6-7-16-15(12-14)5-4-9-18(16)2/h1,6-7,12,17H,4-5,8-11,13H2,2H3. The molecule has 0 spiro atoms. The summed E-state index contributed by atoms with van der Waals surface area (Å²) in [6.07, 6.45) is 7.70. The molecule has 0 bridgehead atoms. The zero-order chi connectivity index (χ0) is 13.5. The van der Waals surface area contributed by atoms with Crippen molar-refractivity contribution in [2.45, 2.75) is 19.4 Å². The van der Waals surface area contributed by atoms with Crippen molar-refractivity contribution in [3.05, 3.63) is 29.3 Å². The van der Waals surface area contributed by atoms with Gasteiger partial charge in [0.2, 0.25) is 0 Å². The molecule has 1 aliphatic heterocycles. The van der Waals surface area contributed by atoms with Crippen LogP contribution >= 0.6 is 11.8 Å². The average molecular weight is 274 g/mol. The van der Waals surface area contributed by atoms with Crippen molar-refractivity contribution in [1.82, 2.24) is 5.32 Å². The lowest BCUT2D eigenvalue weighted by Gasteiger charge is -2.27. The molecule has 0 amide bonds. The molecule has 2 rings (SSSR count). The maximum atomic E-state index is 5.22. The van der Waals surface area contributed by atoms with Crippen LogP contribution in [0.1, 0.15) is 17.5 Å². The maximum absolute atomic E-state index is 5.22. The highest BCUT2D eigenvalue weighted by Gasteiger charge is 2.13. The van der Waals surface area contributed by atoms with Crippen molar-refractivity contribution in [2.75, 3.05) is 36.5 Å². The number of hydrogen-bond donors (Lipinski definition) is 1. The third-order valence-electron chi connectivity index (χ3n) is 3.43. The van der Waals surface area contributed by atoms with Gasteiger partial charge < -0.3 is 10.2 Å². The van der Waals surface area contributed by atoms with Crippen molar-refractivity contribution in [3.8, 4) is 12.3 Å². The summed E-state index contributed by atoms with van der Waals surface area (Å²) in [7, 11) is 2.18. The first kappa shape index (κ1) is 14.3. The van der Waals surface area contributed by atoms with Gasteiger partial charge in [0.1, 0.15) is 0 Å². The minimum Gasteiger partial charge on any atom is -0.374 e. The molecule has 1 aromatic rings. The third kappa shape index (κ3) is 4.19. The van der Waals surface area contributed by atoms with E-state index in [0.717, 1.165) is 24.6 Å². The number of thioether (sulfide) groups is 1. The van der Waals surface area contributed by atoms with E-state index in [9.17, 15) is 0 Å². The first-order chi connectivity index (χ1) is 9.31. The molecule has 0 fully saturated rings. The topological polar surface area (TPSA) is 15.3 Å². The zero-order valence-electron chi connectivity index (χ0n) is 11.6. The van der Waals surface area contributed by atoms with Crippen LogP contribution in [-0.2, 0) is 13.0 Å². The summed E-state index contributed by atoms with van der Waals surface area (Å²) in [6, 6.07) is 6.85. The van der Waals surface area contributed by atoms with Crippen LogP contribution in [0.2, 0.25) is 0 Å². The van der Waals surface area contributed by atoms with Crippen LogP contribution in [0.3, 0.4) is 0 Å². The minimum atomic E-state index is 0.812. The summed E-state index contributed by atoms with van der Waals surface area (Å²) >= 11 is 1.81. The van der Waals surface area contributed by atoms with Gasteiger partial charge in [-0.25, -0.2) is 0 Å². The Kier molecular flexibility index (Phi) is 5.62. The van der Waals surface area contributed by atoms with Crippen LogP contribution in [0.4, 0.5) is 5.69 Å². The summed E-state index contributed by atoms with van der Waals surface area (Å²) < 4.78 is 0. The number of aryl methyl sites for hydroxylation is 1. The van der Waals surface area contributed by atoms with Crippen LogP contribution in [0.5, 0.6) is 0 Å². The summed E-state index contributed by atoms with van der Waals surface area (Å²) in [5.41, 5.74) is 4.28. The lowest BCUT2D eigenvalue weighted by atomic mass is 9.99. The Morgan fingerprint density at radius 3 is 3.21 bits per heavy atom. The van der Waals surface area contributed by atoms with Gasteiger partial charge in [-0.15, -0.1) is 18.2 Å². The van der Waals surface area contributed by atoms with Crippen molar-refractivity contribution < 1.29 is 0 Å². The highest BCUT2D eigenvalue weighted by molar-refractivity contribution is 7.99. The van der Waals surface area contributed by atoms with Gasteiger partial charge in [0.25, 0.3) is 0 Å². The Balaban J connectivity index is 1.80. The third-order valence-corrected chi connectivity index (χ3v) is 4.30. The van der Waals surface area contributed by atoms with E-state index in [1.807, 2.05) is 0 Å². The van der Waals surface area contributed by atoms with Gasteiger partial charge in [0.05, 0.1) is 5.75 Å². The first-order valence-electron chi connectivity index (χ1n) is 6.86. The van der Waals surface area contributed by atoms with E-state index in [-0.39, 0.29) is 0 Å². The second kappa shape index (κ2) is 7.47. The van der Waals surface area contributed by atoms with Gasteiger partial charge >= 0.3 is 0 Å². The van der Waals surface area contributed by atoms with Crippen molar-refractivity contribution in [2.24, 2.45) is 0 Å². The van der Waals surface area contributed by atoms with Gasteiger partial charge in [0, 0.05) is 38.1 Å². The molecule has 0 aromatic heterocycles. The highest BCUT2D eigenvalue weighted by Crippen LogP contribution is 2.26. The number of nitrogens with zero attached hydrogens (tertiary/aromatic N) is 1. The molecule has 0 atom stereocenters. The SMILES string of the molecule is C#CCSCCNCc1ccc2c(c1)CCCN2C. The molecule has 102 valence electrons. The average Bonchev–Trinajstić information content (AvgIpc) is 2.43. The van der Waals surface area contributed by atoms with Crippen molar-refractivity contribution in [3.63, 3.8) is 0 Å². The van der Waals surface area contributed by atoms with Crippen LogP contribution in [0, 0.1) is 12.3 Å². The van der Waals surface area contributed by atoms with E-state index in [0.29, 0.717) is 0 Å². The number of rotatable bonds is 6. The Bertz CT molecular complexity index is 451. The summed E-state index contributed by atoms with van der Waals surface area (Å²) in [5.74, 6) is 4.54. The summed E-state index contributed by atoms with van der Waals surface area (Å²) in [4.78, 5) is 2.35. The van der Waals surface area contributed by atoms with E-state index in [1.165, 1.54) is 36.2 Å². The maximum Gasteiger partial charge on any atom is 0.0545 e. The largest absolute Gasteiger partial charge is 0.374 e. The summed E-state index contributed by atoms with van der Waals surface area (Å²) in [5, 5.41) is 3.48. The molecule has 0 unspecified atom stereocenters. The molecular weight excluding hydrogens is 252 g/mol. The molecule has 0 saturated heterocycles. The molecular formula is C16H22N2S. The van der Waals surface area contributed by atoms with Gasteiger partial charge in [-0.2, -0.15) is 0 Å². The first-order valence-corrected chi connectivity index (χ1v) is 8.01. The van der Waals surface area contributed by atoms with E-state index >= 15 is 0 Å². The fourth-order valence-electron chi connectivity index (χ4n) is 2.46. The zero-order valence-corrected chi connectivity index (χ0v) is 12.4. The number of nitrogens with one attached hydrogen (secondary N) is 1. The number of benzene rings is 1. The predicted molar refractivity (Wildman–Crippen MR) is 85.9 cm³/mol. The van der Waals surface area contributed by atoms with Crippen LogP contribution < -0.4 is 10.2 Å². The Hall–Kier alpha value is -1.11. The van der Waals surface area contributed by atoms with Crippen molar-refractivity contribution in [1.29, 1.82) is 0 Å². The molecule has 19 heavy (non-hydrogen) atoms. The van der Waals surface area contributed by atoms with Crippen LogP contribution in [0.25, 0.3) is 0 Å². The summed E-state index contributed by atoms with van der Waals surface area (Å²) in [6.45, 7) is 3.15. The number of hydrogen-bond acceptors (Lipinski definition) is 3. The second-order valence-corrected chi connectivity index (χ2v) is 6.03. The number of anilines is 1. The van der Waals surface area contributed by atoms with E-state index < -0.39 is 0 Å². The molecule has 0 aliphatic carbocycles. The monoisotopic (exact) mass is 274 g/mol. The minimum absolute atomic E-state index is 0.812. The van der Waals surface area contributed by atoms with Crippen molar-refractivity contribution >= 4 is 17.4 Å². The van der Waals surface area contributed by atoms with Gasteiger partial charge in [0.15, 0.2) is 0 Å². The van der Waals surface area contributed by atoms with Crippen LogP contribution in [0.15, 0.2) is 18.2 Å². The molecule has 1 N–H and O–H groups in total. The highest BCUT2D eigenvalue weighted by atomic mass is 32.2. The Labute approximate surface area is 121 Å². The van der Waals surface area contributed by atoms with Gasteiger partial charge in [-0.05, 0) is 30.0 Å². The molecule has 0 radical (unpaired) electrons. The lowest BCUT2D eigenvalue weighted by molar-refractivity contribution is 0.720. The molecule has 3 heteroatoms. The quantitative estimate of drug-likeness (QED) is 0.634. The Morgan fingerprint density at radius 1 is 1.47 bits per heavy atom. The smallest absolute Gasteiger partial charge is 0.0545 e. The molecule has 0 saturated carbocycles. The number of terminal acetylenes is 1.